The highest BCUT2D eigenvalue weighted by Crippen LogP contribution is 2.45. The van der Waals surface area contributed by atoms with Gasteiger partial charge in [0.2, 0.25) is 0 Å². The minimum absolute atomic E-state index is 0.631. The maximum absolute atomic E-state index is 11.9. The molecule has 0 aliphatic rings. The molecule has 0 saturated heterocycles. The lowest BCUT2D eigenvalue weighted by atomic mass is 9.81. The van der Waals surface area contributed by atoms with Gasteiger partial charge >= 0.3 is 0 Å². The number of ether oxygens (including phenoxy) is 1. The van der Waals surface area contributed by atoms with Gasteiger partial charge in [-0.2, -0.15) is 0 Å². The molecule has 2 atom stereocenters. The Balaban J connectivity index is 1.86. The number of halogens is 1. The van der Waals surface area contributed by atoms with E-state index in [4.69, 9.17) is 16.3 Å². The number of likely N-dealkylation sites (N-methyl/N-ethyl adjacent to an activating group) is 1. The molecule has 0 aliphatic heterocycles. The Morgan fingerprint density at radius 2 is 1.37 bits per heavy atom. The summed E-state index contributed by atoms with van der Waals surface area (Å²) in [5, 5.41) is 11.3. The molecule has 3 rings (SSSR count). The van der Waals surface area contributed by atoms with E-state index in [2.05, 4.69) is 18.7 Å². The van der Waals surface area contributed by atoms with Crippen LogP contribution in [0.2, 0.25) is 0 Å². The van der Waals surface area contributed by atoms with Gasteiger partial charge in [-0.25, -0.2) is 0 Å². The number of benzene rings is 3. The van der Waals surface area contributed by atoms with Crippen LogP contribution >= 0.6 is 11.6 Å². The Bertz CT molecular complexity index is 882. The maximum Gasteiger partial charge on any atom is 0.135 e. The molecule has 4 heteroatoms. The fourth-order valence-electron chi connectivity index (χ4n) is 3.65. The van der Waals surface area contributed by atoms with Crippen molar-refractivity contribution in [2.75, 3.05) is 26.2 Å². The largest absolute Gasteiger partial charge is 0.492 e. The number of nitrogens with zero attached hydrogens (tertiary/aromatic N) is 1. The highest BCUT2D eigenvalue weighted by Gasteiger charge is 2.40. The normalized spacial score (nSPS) is 14.3. The smallest absolute Gasteiger partial charge is 0.135 e. The van der Waals surface area contributed by atoms with Gasteiger partial charge in [0.05, 0.1) is 5.38 Å². The molecule has 158 valence electrons. The first-order valence-electron chi connectivity index (χ1n) is 10.5. The van der Waals surface area contributed by atoms with Gasteiger partial charge in [0.1, 0.15) is 18.0 Å². The van der Waals surface area contributed by atoms with E-state index in [0.717, 1.165) is 42.1 Å². The van der Waals surface area contributed by atoms with Gasteiger partial charge in [-0.3, -0.25) is 0 Å². The van der Waals surface area contributed by atoms with Gasteiger partial charge in [-0.1, -0.05) is 86.6 Å². The maximum atomic E-state index is 11.9. The van der Waals surface area contributed by atoms with E-state index >= 15 is 0 Å². The second-order valence-corrected chi connectivity index (χ2v) is 7.74. The summed E-state index contributed by atoms with van der Waals surface area (Å²) >= 11 is 6.89. The van der Waals surface area contributed by atoms with Crippen molar-refractivity contribution in [3.05, 3.63) is 102 Å². The van der Waals surface area contributed by atoms with Crippen molar-refractivity contribution in [1.82, 2.24) is 4.90 Å². The summed E-state index contributed by atoms with van der Waals surface area (Å²) in [5.74, 6) is 0.784. The van der Waals surface area contributed by atoms with Crippen LogP contribution in [-0.2, 0) is 5.60 Å². The average Bonchev–Trinajstić information content (AvgIpc) is 2.82. The standard InChI is InChI=1S/C26H30ClNO2/c1-3-28(4-2)19-20-30-24-17-15-23(16-18-24)26(29,22-13-9-6-10-14-22)25(27)21-11-7-5-8-12-21/h5-18,25,29H,3-4,19-20H2,1-2H3. The molecule has 0 saturated carbocycles. The summed E-state index contributed by atoms with van der Waals surface area (Å²) in [4.78, 5) is 2.32. The van der Waals surface area contributed by atoms with Crippen molar-refractivity contribution in [2.45, 2.75) is 24.8 Å². The summed E-state index contributed by atoms with van der Waals surface area (Å²) in [7, 11) is 0. The SMILES string of the molecule is CCN(CC)CCOc1ccc(C(O)(c2ccccc2)C(Cl)c2ccccc2)cc1. The minimum atomic E-state index is -1.37. The van der Waals surface area contributed by atoms with Gasteiger partial charge in [-0.15, -0.1) is 11.6 Å². The first-order valence-corrected chi connectivity index (χ1v) is 11.0. The van der Waals surface area contributed by atoms with Crippen LogP contribution in [0.1, 0.15) is 35.9 Å². The second kappa shape index (κ2) is 10.6. The molecule has 0 aromatic heterocycles. The van der Waals surface area contributed by atoms with Crippen molar-refractivity contribution >= 4 is 11.6 Å². The number of rotatable bonds is 10. The Morgan fingerprint density at radius 1 is 0.833 bits per heavy atom. The summed E-state index contributed by atoms with van der Waals surface area (Å²) in [6.07, 6.45) is 0. The molecular formula is C26H30ClNO2. The third-order valence-corrected chi connectivity index (χ3v) is 6.11. The Labute approximate surface area is 184 Å². The Hall–Kier alpha value is -2.33. The van der Waals surface area contributed by atoms with Crippen LogP contribution in [0.4, 0.5) is 0 Å². The molecule has 3 aromatic carbocycles. The van der Waals surface area contributed by atoms with Gasteiger partial charge in [0.15, 0.2) is 0 Å². The first-order chi connectivity index (χ1) is 14.6. The summed E-state index contributed by atoms with van der Waals surface area (Å²) < 4.78 is 5.90. The molecule has 3 aromatic rings. The number of hydrogen-bond donors (Lipinski definition) is 1. The van der Waals surface area contributed by atoms with Gasteiger partial charge in [0, 0.05) is 6.54 Å². The lowest BCUT2D eigenvalue weighted by molar-refractivity contribution is 0.0753. The Morgan fingerprint density at radius 3 is 1.93 bits per heavy atom. The van der Waals surface area contributed by atoms with Crippen molar-refractivity contribution in [2.24, 2.45) is 0 Å². The lowest BCUT2D eigenvalue weighted by Gasteiger charge is -2.34. The molecule has 0 amide bonds. The van der Waals surface area contributed by atoms with Crippen LogP contribution in [0.3, 0.4) is 0 Å². The highest BCUT2D eigenvalue weighted by atomic mass is 35.5. The van der Waals surface area contributed by atoms with E-state index in [9.17, 15) is 5.11 Å². The number of aliphatic hydroxyl groups is 1. The Kier molecular flexibility index (Phi) is 7.92. The van der Waals surface area contributed by atoms with E-state index in [1.54, 1.807) is 0 Å². The molecule has 0 radical (unpaired) electrons. The van der Waals surface area contributed by atoms with Crippen LogP contribution in [0.25, 0.3) is 0 Å². The summed E-state index contributed by atoms with van der Waals surface area (Å²) in [5.41, 5.74) is 0.979. The van der Waals surface area contributed by atoms with Crippen molar-refractivity contribution in [3.8, 4) is 5.75 Å². The fourth-order valence-corrected chi connectivity index (χ4v) is 4.05. The molecule has 1 N–H and O–H groups in total. The minimum Gasteiger partial charge on any atom is -0.492 e. The highest BCUT2D eigenvalue weighted by molar-refractivity contribution is 6.21. The molecule has 30 heavy (non-hydrogen) atoms. The molecule has 0 bridgehead atoms. The molecule has 0 aliphatic carbocycles. The van der Waals surface area contributed by atoms with Gasteiger partial charge in [0.25, 0.3) is 0 Å². The first kappa shape index (κ1) is 22.4. The summed E-state index contributed by atoms with van der Waals surface area (Å²) in [6.45, 7) is 7.85. The zero-order valence-corrected chi connectivity index (χ0v) is 18.4. The third-order valence-electron chi connectivity index (χ3n) is 5.54. The van der Waals surface area contributed by atoms with E-state index in [1.807, 2.05) is 84.9 Å². The van der Waals surface area contributed by atoms with Crippen LogP contribution in [0.5, 0.6) is 5.75 Å². The van der Waals surface area contributed by atoms with Crippen LogP contribution < -0.4 is 4.74 Å². The predicted octanol–water partition coefficient (Wildman–Crippen LogP) is 5.62. The van der Waals surface area contributed by atoms with Crippen LogP contribution in [-0.4, -0.2) is 36.2 Å². The molecule has 2 unspecified atom stereocenters. The molecule has 0 heterocycles. The monoisotopic (exact) mass is 423 g/mol. The fraction of sp³-hybridized carbons (Fsp3) is 0.308. The quantitative estimate of drug-likeness (QED) is 0.429. The van der Waals surface area contributed by atoms with Crippen LogP contribution in [0, 0.1) is 0 Å². The predicted molar refractivity (Wildman–Crippen MR) is 124 cm³/mol. The number of alkyl halides is 1. The average molecular weight is 424 g/mol. The van der Waals surface area contributed by atoms with E-state index in [-0.39, 0.29) is 0 Å². The molecule has 3 nitrogen and oxygen atoms in total. The number of hydrogen-bond acceptors (Lipinski definition) is 3. The van der Waals surface area contributed by atoms with Crippen LogP contribution in [0.15, 0.2) is 84.9 Å². The zero-order valence-electron chi connectivity index (χ0n) is 17.7. The van der Waals surface area contributed by atoms with Crippen molar-refractivity contribution in [3.63, 3.8) is 0 Å². The van der Waals surface area contributed by atoms with E-state index < -0.39 is 11.0 Å². The molecular weight excluding hydrogens is 394 g/mol. The lowest BCUT2D eigenvalue weighted by Crippen LogP contribution is -2.32. The van der Waals surface area contributed by atoms with Gasteiger partial charge < -0.3 is 14.7 Å². The zero-order chi connectivity index (χ0) is 21.4. The molecule has 0 spiro atoms. The third kappa shape index (κ3) is 5.04. The second-order valence-electron chi connectivity index (χ2n) is 7.31. The molecule has 0 fully saturated rings. The van der Waals surface area contributed by atoms with E-state index in [0.29, 0.717) is 6.61 Å². The van der Waals surface area contributed by atoms with Crippen molar-refractivity contribution < 1.29 is 9.84 Å². The van der Waals surface area contributed by atoms with Gasteiger partial charge in [-0.05, 0) is 41.9 Å². The summed E-state index contributed by atoms with van der Waals surface area (Å²) in [6, 6.07) is 26.9. The van der Waals surface area contributed by atoms with E-state index in [1.165, 1.54) is 0 Å². The topological polar surface area (TPSA) is 32.7 Å². The van der Waals surface area contributed by atoms with Crippen molar-refractivity contribution in [1.29, 1.82) is 0 Å².